The Bertz CT molecular complexity index is 840. The van der Waals surface area contributed by atoms with Crippen LogP contribution in [0.15, 0.2) is 33.9 Å². The van der Waals surface area contributed by atoms with Crippen LogP contribution in [-0.4, -0.2) is 15.0 Å². The predicted molar refractivity (Wildman–Crippen MR) is 81.3 cm³/mol. The van der Waals surface area contributed by atoms with Gasteiger partial charge in [0, 0.05) is 20.2 Å². The molecule has 0 bridgehead atoms. The van der Waals surface area contributed by atoms with Crippen LogP contribution in [0.1, 0.15) is 10.5 Å². The summed E-state index contributed by atoms with van der Waals surface area (Å²) in [6.07, 6.45) is 0. The highest BCUT2D eigenvalue weighted by molar-refractivity contribution is 6.44. The normalized spacial score (nSPS) is 10.5. The average Bonchev–Trinajstić information content (AvgIpc) is 2.45. The number of aromatic nitrogens is 2. The van der Waals surface area contributed by atoms with Gasteiger partial charge in [-0.2, -0.15) is 0 Å². The third kappa shape index (κ3) is 2.86. The van der Waals surface area contributed by atoms with Crippen molar-refractivity contribution in [2.24, 2.45) is 14.1 Å². The number of nitrogens with one attached hydrogen (secondary N) is 1. The number of hydrogen-bond acceptors (Lipinski definition) is 3. The molecule has 0 aliphatic rings. The number of rotatable bonds is 2. The van der Waals surface area contributed by atoms with E-state index in [0.717, 1.165) is 15.2 Å². The summed E-state index contributed by atoms with van der Waals surface area (Å²) in [5, 5.41) is 2.99. The maximum Gasteiger partial charge on any atom is 0.331 e. The summed E-state index contributed by atoms with van der Waals surface area (Å²) < 4.78 is 1.98. The van der Waals surface area contributed by atoms with E-state index in [2.05, 4.69) is 5.32 Å². The molecule has 0 saturated carbocycles. The van der Waals surface area contributed by atoms with E-state index in [1.54, 1.807) is 18.2 Å². The maximum atomic E-state index is 12.2. The SMILES string of the molecule is Cn1c(C(=O)Nc2cccc(Cl)c2Cl)cc(=O)n(C)c1=O. The topological polar surface area (TPSA) is 73.1 Å². The zero-order valence-electron chi connectivity index (χ0n) is 11.2. The third-order valence-corrected chi connectivity index (χ3v) is 3.78. The minimum absolute atomic E-state index is 0.0702. The molecular formula is C13H11Cl2N3O3. The lowest BCUT2D eigenvalue weighted by atomic mass is 10.3. The van der Waals surface area contributed by atoms with Gasteiger partial charge in [-0.05, 0) is 12.1 Å². The van der Waals surface area contributed by atoms with Crippen LogP contribution in [0.3, 0.4) is 0 Å². The summed E-state index contributed by atoms with van der Waals surface area (Å²) in [4.78, 5) is 35.6. The molecule has 0 aliphatic carbocycles. The number of carbonyl (C=O) groups excluding carboxylic acids is 1. The van der Waals surface area contributed by atoms with Gasteiger partial charge in [-0.1, -0.05) is 29.3 Å². The van der Waals surface area contributed by atoms with Gasteiger partial charge in [0.2, 0.25) is 0 Å². The summed E-state index contributed by atoms with van der Waals surface area (Å²) in [5.74, 6) is -0.628. The van der Waals surface area contributed by atoms with Gasteiger partial charge in [-0.15, -0.1) is 0 Å². The number of nitrogens with zero attached hydrogens (tertiary/aromatic N) is 2. The smallest absolute Gasteiger partial charge is 0.319 e. The summed E-state index contributed by atoms with van der Waals surface area (Å²) in [6.45, 7) is 0. The second kappa shape index (κ2) is 5.75. The van der Waals surface area contributed by atoms with Gasteiger partial charge in [-0.3, -0.25) is 18.7 Å². The van der Waals surface area contributed by atoms with Crippen molar-refractivity contribution in [3.05, 3.63) is 60.8 Å². The molecule has 0 unspecified atom stereocenters. The fourth-order valence-electron chi connectivity index (χ4n) is 1.74. The van der Waals surface area contributed by atoms with Crippen LogP contribution in [0.4, 0.5) is 5.69 Å². The van der Waals surface area contributed by atoms with Crippen LogP contribution in [0.2, 0.25) is 10.0 Å². The first-order valence-electron chi connectivity index (χ1n) is 5.85. The molecule has 21 heavy (non-hydrogen) atoms. The molecule has 1 N–H and O–H groups in total. The Morgan fingerprint density at radius 3 is 2.48 bits per heavy atom. The molecule has 0 aliphatic heterocycles. The molecule has 8 heteroatoms. The fourth-order valence-corrected chi connectivity index (χ4v) is 2.09. The lowest BCUT2D eigenvalue weighted by molar-refractivity contribution is 0.101. The summed E-state index contributed by atoms with van der Waals surface area (Å²) in [6, 6.07) is 5.83. The molecule has 0 atom stereocenters. The van der Waals surface area contributed by atoms with E-state index in [0.29, 0.717) is 5.69 Å². The first-order chi connectivity index (χ1) is 9.82. The highest BCUT2D eigenvalue weighted by atomic mass is 35.5. The van der Waals surface area contributed by atoms with Crippen molar-refractivity contribution in [1.29, 1.82) is 0 Å². The van der Waals surface area contributed by atoms with Gasteiger partial charge in [-0.25, -0.2) is 4.79 Å². The van der Waals surface area contributed by atoms with Gasteiger partial charge in [0.25, 0.3) is 11.5 Å². The Balaban J connectivity index is 2.45. The molecule has 6 nitrogen and oxygen atoms in total. The number of carbonyl (C=O) groups is 1. The molecule has 0 spiro atoms. The molecule has 2 rings (SSSR count). The number of amides is 1. The molecule has 110 valence electrons. The Kier molecular flexibility index (Phi) is 4.20. The van der Waals surface area contributed by atoms with E-state index in [1.807, 2.05) is 0 Å². The van der Waals surface area contributed by atoms with Crippen LogP contribution in [-0.2, 0) is 14.1 Å². The Morgan fingerprint density at radius 2 is 1.81 bits per heavy atom. The van der Waals surface area contributed by atoms with Gasteiger partial charge >= 0.3 is 5.69 Å². The van der Waals surface area contributed by atoms with Crippen molar-refractivity contribution in [1.82, 2.24) is 9.13 Å². The van der Waals surface area contributed by atoms with Gasteiger partial charge in [0.1, 0.15) is 5.69 Å². The van der Waals surface area contributed by atoms with Crippen LogP contribution in [0.25, 0.3) is 0 Å². The largest absolute Gasteiger partial charge is 0.331 e. The number of benzene rings is 1. The fraction of sp³-hybridized carbons (Fsp3) is 0.154. The third-order valence-electron chi connectivity index (χ3n) is 2.96. The Labute approximate surface area is 129 Å². The van der Waals surface area contributed by atoms with Crippen molar-refractivity contribution >= 4 is 34.8 Å². The predicted octanol–water partition coefficient (Wildman–Crippen LogP) is 1.64. The zero-order chi connectivity index (χ0) is 15.7. The monoisotopic (exact) mass is 327 g/mol. The second-order valence-corrected chi connectivity index (χ2v) is 5.11. The van der Waals surface area contributed by atoms with E-state index in [1.165, 1.54) is 14.1 Å². The molecule has 1 amide bonds. The van der Waals surface area contributed by atoms with Crippen molar-refractivity contribution < 1.29 is 4.79 Å². The van der Waals surface area contributed by atoms with Crippen molar-refractivity contribution in [3.63, 3.8) is 0 Å². The Hall–Kier alpha value is -2.05. The quantitative estimate of drug-likeness (QED) is 0.911. The van der Waals surface area contributed by atoms with E-state index in [4.69, 9.17) is 23.2 Å². The molecule has 0 radical (unpaired) electrons. The highest BCUT2D eigenvalue weighted by Gasteiger charge is 2.15. The van der Waals surface area contributed by atoms with Crippen LogP contribution in [0.5, 0.6) is 0 Å². The van der Waals surface area contributed by atoms with Crippen LogP contribution >= 0.6 is 23.2 Å². The lowest BCUT2D eigenvalue weighted by Crippen LogP contribution is -2.40. The lowest BCUT2D eigenvalue weighted by Gasteiger charge is -2.11. The minimum atomic E-state index is -0.628. The van der Waals surface area contributed by atoms with Crippen LogP contribution < -0.4 is 16.6 Å². The molecular weight excluding hydrogens is 317 g/mol. The van der Waals surface area contributed by atoms with Gasteiger partial charge < -0.3 is 5.32 Å². The molecule has 1 aromatic heterocycles. The number of hydrogen-bond donors (Lipinski definition) is 1. The standard InChI is InChI=1S/C13H11Cl2N3O3/c1-17-9(6-10(19)18(2)13(17)21)12(20)16-8-5-3-4-7(14)11(8)15/h3-6H,1-2H3,(H,16,20). The summed E-state index contributed by atoms with van der Waals surface area (Å²) >= 11 is 11.8. The van der Waals surface area contributed by atoms with Gasteiger partial charge in [0.05, 0.1) is 15.7 Å². The molecule has 0 saturated heterocycles. The van der Waals surface area contributed by atoms with E-state index < -0.39 is 17.2 Å². The highest BCUT2D eigenvalue weighted by Crippen LogP contribution is 2.29. The van der Waals surface area contributed by atoms with Gasteiger partial charge in [0.15, 0.2) is 0 Å². The molecule has 1 heterocycles. The molecule has 0 fully saturated rings. The summed E-state index contributed by atoms with van der Waals surface area (Å²) in [7, 11) is 2.73. The average molecular weight is 328 g/mol. The second-order valence-electron chi connectivity index (χ2n) is 4.32. The van der Waals surface area contributed by atoms with E-state index >= 15 is 0 Å². The molecule has 2 aromatic rings. The zero-order valence-corrected chi connectivity index (χ0v) is 12.7. The van der Waals surface area contributed by atoms with E-state index in [-0.39, 0.29) is 15.7 Å². The number of halogens is 2. The maximum absolute atomic E-state index is 12.2. The molecule has 1 aromatic carbocycles. The first-order valence-corrected chi connectivity index (χ1v) is 6.61. The first kappa shape index (κ1) is 15.3. The van der Waals surface area contributed by atoms with E-state index in [9.17, 15) is 14.4 Å². The summed E-state index contributed by atoms with van der Waals surface area (Å²) in [5.41, 5.74) is -0.938. The van der Waals surface area contributed by atoms with Crippen LogP contribution in [0, 0.1) is 0 Å². The minimum Gasteiger partial charge on any atom is -0.319 e. The van der Waals surface area contributed by atoms with Crippen molar-refractivity contribution in [3.8, 4) is 0 Å². The Morgan fingerprint density at radius 1 is 1.14 bits per heavy atom. The van der Waals surface area contributed by atoms with Crippen molar-refractivity contribution in [2.45, 2.75) is 0 Å². The number of anilines is 1. The van der Waals surface area contributed by atoms with Crippen molar-refractivity contribution in [2.75, 3.05) is 5.32 Å².